The molecule has 1 aromatic heterocycles. The first-order valence-electron chi connectivity index (χ1n) is 9.26. The predicted octanol–water partition coefficient (Wildman–Crippen LogP) is 5.28. The van der Waals surface area contributed by atoms with Gasteiger partial charge in [-0.15, -0.1) is 15.0 Å². The zero-order chi connectivity index (χ0) is 19.3. The summed E-state index contributed by atoms with van der Waals surface area (Å²) < 4.78 is 0. The minimum absolute atomic E-state index is 0.0413. The average molecular weight is 351 g/mol. The third-order valence-electron chi connectivity index (χ3n) is 4.84. The molecule has 1 heterocycles. The first-order valence-corrected chi connectivity index (χ1v) is 9.26. The Kier molecular flexibility index (Phi) is 4.33. The smallest absolute Gasteiger partial charge is 0.147 e. The topological polar surface area (TPSA) is 50.9 Å². The summed E-state index contributed by atoms with van der Waals surface area (Å²) in [5, 5.41) is 20.5. The molecule has 0 bridgehead atoms. The summed E-state index contributed by atoms with van der Waals surface area (Å²) in [6.45, 7) is 15.1. The number of benzene rings is 2. The van der Waals surface area contributed by atoms with Crippen molar-refractivity contribution in [2.24, 2.45) is 0 Å². The first-order chi connectivity index (χ1) is 12.0. The lowest BCUT2D eigenvalue weighted by molar-refractivity contribution is 0.436. The van der Waals surface area contributed by atoms with Crippen molar-refractivity contribution in [3.8, 4) is 11.4 Å². The summed E-state index contributed by atoms with van der Waals surface area (Å²) in [5.41, 5.74) is 5.40. The summed E-state index contributed by atoms with van der Waals surface area (Å²) in [6.07, 6.45) is 0.803. The monoisotopic (exact) mass is 351 g/mol. The van der Waals surface area contributed by atoms with E-state index in [1.165, 1.54) is 5.56 Å². The number of phenols is 1. The Hall–Kier alpha value is -2.36. The van der Waals surface area contributed by atoms with Crippen LogP contribution in [0.2, 0.25) is 0 Å². The quantitative estimate of drug-likeness (QED) is 0.683. The van der Waals surface area contributed by atoms with Crippen molar-refractivity contribution in [3.05, 3.63) is 47.0 Å². The number of phenolic OH excluding ortho intramolecular Hbond substituents is 1. The van der Waals surface area contributed by atoms with E-state index in [-0.39, 0.29) is 16.6 Å². The second kappa shape index (κ2) is 6.11. The van der Waals surface area contributed by atoms with Gasteiger partial charge in [0.05, 0.1) is 0 Å². The van der Waals surface area contributed by atoms with Gasteiger partial charge in [0.25, 0.3) is 0 Å². The van der Waals surface area contributed by atoms with Gasteiger partial charge < -0.3 is 5.11 Å². The maximum absolute atomic E-state index is 11.2. The normalized spacial score (nSPS) is 12.7. The maximum Gasteiger partial charge on any atom is 0.147 e. The fraction of sp³-hybridized carbons (Fsp3) is 0.455. The molecule has 0 amide bonds. The van der Waals surface area contributed by atoms with Crippen LogP contribution in [0.15, 0.2) is 30.3 Å². The minimum atomic E-state index is -0.183. The molecule has 3 aromatic rings. The molecule has 0 fully saturated rings. The zero-order valence-corrected chi connectivity index (χ0v) is 16.9. The van der Waals surface area contributed by atoms with Gasteiger partial charge in [-0.2, -0.15) is 0 Å². The van der Waals surface area contributed by atoms with E-state index in [0.717, 1.165) is 28.6 Å². The Bertz CT molecular complexity index is 923. The molecule has 2 aromatic carbocycles. The maximum atomic E-state index is 11.2. The third kappa shape index (κ3) is 3.09. The van der Waals surface area contributed by atoms with E-state index in [1.807, 2.05) is 24.3 Å². The molecule has 138 valence electrons. The molecule has 0 saturated carbocycles. The second-order valence-electron chi connectivity index (χ2n) is 8.98. The third-order valence-corrected chi connectivity index (χ3v) is 4.84. The molecule has 1 N–H and O–H groups in total. The molecule has 0 atom stereocenters. The van der Waals surface area contributed by atoms with Crippen LogP contribution in [0.4, 0.5) is 0 Å². The highest BCUT2D eigenvalue weighted by Gasteiger charge is 2.30. The number of rotatable bonds is 2. The van der Waals surface area contributed by atoms with Crippen LogP contribution >= 0.6 is 0 Å². The van der Waals surface area contributed by atoms with E-state index in [1.54, 1.807) is 4.80 Å². The Labute approximate surface area is 155 Å². The van der Waals surface area contributed by atoms with Crippen molar-refractivity contribution in [2.45, 2.75) is 65.7 Å². The molecular weight excluding hydrogens is 322 g/mol. The molecule has 4 heteroatoms. The van der Waals surface area contributed by atoms with Crippen LogP contribution in [0.5, 0.6) is 5.75 Å². The van der Waals surface area contributed by atoms with Crippen molar-refractivity contribution in [1.82, 2.24) is 15.0 Å². The van der Waals surface area contributed by atoms with Crippen LogP contribution in [0.3, 0.4) is 0 Å². The molecule has 0 aliphatic rings. The summed E-state index contributed by atoms with van der Waals surface area (Å²) >= 11 is 0. The van der Waals surface area contributed by atoms with Gasteiger partial charge in [-0.3, -0.25) is 0 Å². The van der Waals surface area contributed by atoms with Crippen LogP contribution in [0, 0.1) is 0 Å². The average Bonchev–Trinajstić information content (AvgIpc) is 2.95. The van der Waals surface area contributed by atoms with Crippen LogP contribution in [0.25, 0.3) is 16.7 Å². The zero-order valence-electron chi connectivity index (χ0n) is 16.9. The lowest BCUT2D eigenvalue weighted by Crippen LogP contribution is -2.21. The molecule has 26 heavy (non-hydrogen) atoms. The molecule has 0 aliphatic heterocycles. The molecule has 0 unspecified atom stereocenters. The van der Waals surface area contributed by atoms with Crippen LogP contribution in [-0.2, 0) is 17.3 Å². The lowest BCUT2D eigenvalue weighted by Gasteiger charge is -2.30. The van der Waals surface area contributed by atoms with E-state index in [2.05, 4.69) is 64.7 Å². The van der Waals surface area contributed by atoms with Crippen LogP contribution in [-0.4, -0.2) is 20.1 Å². The van der Waals surface area contributed by atoms with Crippen LogP contribution in [0.1, 0.15) is 65.2 Å². The fourth-order valence-corrected chi connectivity index (χ4v) is 3.47. The molecule has 3 rings (SSSR count). The van der Waals surface area contributed by atoms with E-state index >= 15 is 0 Å². The van der Waals surface area contributed by atoms with Crippen LogP contribution < -0.4 is 0 Å². The number of hydrogen-bond acceptors (Lipinski definition) is 3. The highest BCUT2D eigenvalue weighted by atomic mass is 16.3. The Morgan fingerprint density at radius 2 is 1.38 bits per heavy atom. The standard InChI is InChI=1S/C22H29N3O/c1-8-14-15(21(2,3)4)13-16(22(5,6)7)20(26)19(14)25-23-17-11-9-10-12-18(17)24-25/h9-13,26H,8H2,1-7H3. The number of hydrogen-bond donors (Lipinski definition) is 1. The predicted molar refractivity (Wildman–Crippen MR) is 107 cm³/mol. The summed E-state index contributed by atoms with van der Waals surface area (Å²) in [4.78, 5) is 1.61. The van der Waals surface area contributed by atoms with Gasteiger partial charge in [0.15, 0.2) is 0 Å². The van der Waals surface area contributed by atoms with Crippen molar-refractivity contribution in [3.63, 3.8) is 0 Å². The second-order valence-corrected chi connectivity index (χ2v) is 8.98. The van der Waals surface area contributed by atoms with Gasteiger partial charge in [0, 0.05) is 5.56 Å². The Balaban J connectivity index is 2.42. The fourth-order valence-electron chi connectivity index (χ4n) is 3.47. The number of fused-ring (bicyclic) bond motifs is 1. The first kappa shape index (κ1) is 18.4. The number of aromatic nitrogens is 3. The van der Waals surface area contributed by atoms with E-state index in [9.17, 15) is 5.11 Å². The lowest BCUT2D eigenvalue weighted by atomic mass is 9.76. The van der Waals surface area contributed by atoms with Crippen molar-refractivity contribution >= 4 is 11.0 Å². The van der Waals surface area contributed by atoms with Gasteiger partial charge in [-0.1, -0.05) is 66.7 Å². The number of nitrogens with zero attached hydrogens (tertiary/aromatic N) is 3. The molecule has 0 spiro atoms. The van der Waals surface area contributed by atoms with E-state index < -0.39 is 0 Å². The van der Waals surface area contributed by atoms with E-state index in [0.29, 0.717) is 5.69 Å². The highest BCUT2D eigenvalue weighted by molar-refractivity contribution is 5.74. The SMILES string of the molecule is CCc1c(C(C)(C)C)cc(C(C)(C)C)c(O)c1-n1nc2ccccc2n1. The Morgan fingerprint density at radius 1 is 0.885 bits per heavy atom. The summed E-state index contributed by atoms with van der Waals surface area (Å²) in [5.74, 6) is 0.280. The van der Waals surface area contributed by atoms with Gasteiger partial charge >= 0.3 is 0 Å². The number of aromatic hydroxyl groups is 1. The van der Waals surface area contributed by atoms with Gasteiger partial charge in [0.1, 0.15) is 22.5 Å². The van der Waals surface area contributed by atoms with Gasteiger partial charge in [-0.05, 0) is 40.5 Å². The largest absolute Gasteiger partial charge is 0.505 e. The molecule has 4 nitrogen and oxygen atoms in total. The van der Waals surface area contributed by atoms with Crippen molar-refractivity contribution in [1.29, 1.82) is 0 Å². The molecule has 0 saturated heterocycles. The summed E-state index contributed by atoms with van der Waals surface area (Å²) in [7, 11) is 0. The van der Waals surface area contributed by atoms with Gasteiger partial charge in [-0.25, -0.2) is 0 Å². The molecule has 0 radical (unpaired) electrons. The van der Waals surface area contributed by atoms with E-state index in [4.69, 9.17) is 0 Å². The molecule has 0 aliphatic carbocycles. The minimum Gasteiger partial charge on any atom is -0.505 e. The van der Waals surface area contributed by atoms with Crippen molar-refractivity contribution < 1.29 is 5.11 Å². The highest BCUT2D eigenvalue weighted by Crippen LogP contribution is 2.42. The molecular formula is C22H29N3O. The van der Waals surface area contributed by atoms with Crippen molar-refractivity contribution in [2.75, 3.05) is 0 Å². The summed E-state index contributed by atoms with van der Waals surface area (Å²) in [6, 6.07) is 9.96. The van der Waals surface area contributed by atoms with Gasteiger partial charge in [0.2, 0.25) is 0 Å². The Morgan fingerprint density at radius 3 is 1.81 bits per heavy atom.